The fraction of sp³-hybridized carbons (Fsp3) is 0.100. The molecule has 5 nitrogen and oxygen atoms in total. The summed E-state index contributed by atoms with van der Waals surface area (Å²) < 4.78 is 38.6. The van der Waals surface area contributed by atoms with E-state index in [2.05, 4.69) is 15.0 Å². The van der Waals surface area contributed by atoms with E-state index in [-0.39, 0.29) is 21.8 Å². The maximum atomic E-state index is 12.9. The minimum absolute atomic E-state index is 0.0754. The number of aromatic amines is 2. The number of hydrogen-bond donors (Lipinski definition) is 3. The molecule has 0 atom stereocenters. The van der Waals surface area contributed by atoms with Crippen molar-refractivity contribution in [3.8, 4) is 11.3 Å². The summed E-state index contributed by atoms with van der Waals surface area (Å²) in [5.74, 6) is -0.264. The highest BCUT2D eigenvalue weighted by atomic mass is 32.1. The number of H-pyrrole nitrogens is 2. The third-order valence-corrected chi connectivity index (χ3v) is 2.49. The van der Waals surface area contributed by atoms with Gasteiger partial charge in [-0.2, -0.15) is 13.2 Å². The molecule has 19 heavy (non-hydrogen) atoms. The van der Waals surface area contributed by atoms with Crippen LogP contribution >= 0.6 is 12.2 Å². The van der Waals surface area contributed by atoms with Crippen molar-refractivity contribution in [2.45, 2.75) is 6.18 Å². The maximum absolute atomic E-state index is 12.9. The molecule has 0 aliphatic carbocycles. The number of halogens is 3. The van der Waals surface area contributed by atoms with Crippen LogP contribution in [0.25, 0.3) is 11.3 Å². The van der Waals surface area contributed by atoms with Crippen molar-refractivity contribution >= 4 is 18.0 Å². The highest BCUT2D eigenvalue weighted by molar-refractivity contribution is 7.71. The second kappa shape index (κ2) is 4.50. The number of anilines is 1. The Balaban J connectivity index is 2.75. The number of alkyl halides is 3. The lowest BCUT2D eigenvalue weighted by Crippen LogP contribution is -2.12. The summed E-state index contributed by atoms with van der Waals surface area (Å²) in [5, 5.41) is 0. The van der Waals surface area contributed by atoms with E-state index in [1.54, 1.807) is 0 Å². The van der Waals surface area contributed by atoms with E-state index in [0.29, 0.717) is 6.07 Å². The van der Waals surface area contributed by atoms with Crippen LogP contribution in [0.15, 0.2) is 23.1 Å². The van der Waals surface area contributed by atoms with E-state index >= 15 is 0 Å². The van der Waals surface area contributed by atoms with E-state index in [9.17, 15) is 18.0 Å². The van der Waals surface area contributed by atoms with Crippen molar-refractivity contribution < 1.29 is 13.2 Å². The number of pyridine rings is 1. The van der Waals surface area contributed by atoms with Crippen LogP contribution in [0.1, 0.15) is 5.56 Å². The van der Waals surface area contributed by atoms with Crippen LogP contribution in [0.5, 0.6) is 0 Å². The molecule has 0 unspecified atom stereocenters. The summed E-state index contributed by atoms with van der Waals surface area (Å²) in [7, 11) is 0. The van der Waals surface area contributed by atoms with Crippen LogP contribution in [0.3, 0.4) is 0 Å². The molecule has 0 saturated heterocycles. The molecule has 0 saturated carbocycles. The lowest BCUT2D eigenvalue weighted by Gasteiger charge is -2.12. The molecule has 2 aromatic rings. The molecule has 0 fully saturated rings. The van der Waals surface area contributed by atoms with Crippen molar-refractivity contribution in [3.63, 3.8) is 0 Å². The number of rotatable bonds is 1. The van der Waals surface area contributed by atoms with Crippen LogP contribution in [0, 0.1) is 4.77 Å². The van der Waals surface area contributed by atoms with E-state index < -0.39 is 17.3 Å². The predicted molar refractivity (Wildman–Crippen MR) is 64.9 cm³/mol. The minimum Gasteiger partial charge on any atom is -0.384 e. The maximum Gasteiger partial charge on any atom is 0.417 e. The van der Waals surface area contributed by atoms with Crippen molar-refractivity contribution in [2.75, 3.05) is 5.73 Å². The van der Waals surface area contributed by atoms with Gasteiger partial charge in [0.2, 0.25) is 0 Å². The summed E-state index contributed by atoms with van der Waals surface area (Å²) in [5.41, 5.74) is 3.29. The second-order valence-electron chi connectivity index (χ2n) is 3.65. The van der Waals surface area contributed by atoms with E-state index in [1.165, 1.54) is 0 Å². The van der Waals surface area contributed by atoms with Gasteiger partial charge < -0.3 is 10.7 Å². The van der Waals surface area contributed by atoms with Crippen molar-refractivity contribution in [1.29, 1.82) is 0 Å². The fourth-order valence-electron chi connectivity index (χ4n) is 1.53. The molecule has 0 aliphatic heterocycles. The topological polar surface area (TPSA) is 87.6 Å². The highest BCUT2D eigenvalue weighted by Crippen LogP contribution is 2.36. The summed E-state index contributed by atoms with van der Waals surface area (Å²) in [4.78, 5) is 19.5. The SMILES string of the molecule is Nc1cc(C(F)(F)F)c(-c2cc(=O)[nH]c(=S)[nH]2)cn1. The van der Waals surface area contributed by atoms with E-state index in [4.69, 9.17) is 18.0 Å². The molecule has 0 aliphatic rings. The van der Waals surface area contributed by atoms with Crippen LogP contribution in [0.4, 0.5) is 19.0 Å². The van der Waals surface area contributed by atoms with Crippen LogP contribution in [-0.2, 0) is 6.18 Å². The number of aromatic nitrogens is 3. The van der Waals surface area contributed by atoms with Gasteiger partial charge in [-0.15, -0.1) is 0 Å². The normalized spacial score (nSPS) is 11.5. The first-order valence-electron chi connectivity index (χ1n) is 4.94. The Morgan fingerprint density at radius 2 is 1.95 bits per heavy atom. The monoisotopic (exact) mass is 288 g/mol. The van der Waals surface area contributed by atoms with Crippen LogP contribution in [-0.4, -0.2) is 15.0 Å². The second-order valence-corrected chi connectivity index (χ2v) is 4.06. The van der Waals surface area contributed by atoms with Gasteiger partial charge in [-0.3, -0.25) is 9.78 Å². The van der Waals surface area contributed by atoms with Gasteiger partial charge in [-0.1, -0.05) is 0 Å². The Bertz CT molecular complexity index is 706. The molecule has 100 valence electrons. The molecular formula is C10H7F3N4OS. The highest BCUT2D eigenvalue weighted by Gasteiger charge is 2.34. The Morgan fingerprint density at radius 1 is 1.26 bits per heavy atom. The van der Waals surface area contributed by atoms with Gasteiger partial charge in [0, 0.05) is 17.8 Å². The minimum atomic E-state index is -4.62. The largest absolute Gasteiger partial charge is 0.417 e. The molecule has 0 spiro atoms. The molecule has 2 rings (SSSR count). The van der Waals surface area contributed by atoms with Crippen molar-refractivity contribution in [3.05, 3.63) is 39.0 Å². The quantitative estimate of drug-likeness (QED) is 0.701. The average molecular weight is 288 g/mol. The van der Waals surface area contributed by atoms with Gasteiger partial charge >= 0.3 is 6.18 Å². The van der Waals surface area contributed by atoms with Gasteiger partial charge in [0.1, 0.15) is 5.82 Å². The molecule has 0 amide bonds. The summed E-state index contributed by atoms with van der Waals surface area (Å²) in [6, 6.07) is 1.67. The third kappa shape index (κ3) is 2.81. The lowest BCUT2D eigenvalue weighted by molar-refractivity contribution is -0.137. The standard InChI is InChI=1S/C10H7F3N4OS/c11-10(12,13)5-1-7(14)15-3-4(5)6-2-8(18)17-9(19)16-6/h1-3H,(H2,14,15)(H2,16,17,18,19). The van der Waals surface area contributed by atoms with Gasteiger partial charge in [-0.25, -0.2) is 4.98 Å². The molecule has 4 N–H and O–H groups in total. The Kier molecular flexibility index (Phi) is 3.14. The number of nitrogen functional groups attached to an aromatic ring is 1. The van der Waals surface area contributed by atoms with Gasteiger partial charge in [-0.05, 0) is 18.3 Å². The first-order chi connectivity index (χ1) is 8.77. The third-order valence-electron chi connectivity index (χ3n) is 2.28. The number of hydrogen-bond acceptors (Lipinski definition) is 4. The lowest BCUT2D eigenvalue weighted by atomic mass is 10.1. The number of nitrogens with one attached hydrogen (secondary N) is 2. The van der Waals surface area contributed by atoms with Gasteiger partial charge in [0.05, 0.1) is 11.3 Å². The molecule has 2 aromatic heterocycles. The van der Waals surface area contributed by atoms with Crippen molar-refractivity contribution in [1.82, 2.24) is 15.0 Å². The number of nitrogens with zero attached hydrogens (tertiary/aromatic N) is 1. The van der Waals surface area contributed by atoms with Crippen LogP contribution in [0.2, 0.25) is 0 Å². The molecule has 2 heterocycles. The first kappa shape index (κ1) is 13.3. The van der Waals surface area contributed by atoms with Gasteiger partial charge in [0.25, 0.3) is 5.56 Å². The zero-order valence-corrected chi connectivity index (χ0v) is 10.0. The van der Waals surface area contributed by atoms with Gasteiger partial charge in [0.15, 0.2) is 4.77 Å². The molecule has 0 aromatic carbocycles. The molecule has 0 bridgehead atoms. The van der Waals surface area contributed by atoms with E-state index in [1.807, 2.05) is 0 Å². The molecule has 9 heteroatoms. The fourth-order valence-corrected chi connectivity index (χ4v) is 1.75. The number of nitrogens with two attached hydrogens (primary N) is 1. The summed E-state index contributed by atoms with van der Waals surface area (Å²) in [6.45, 7) is 0. The smallest absolute Gasteiger partial charge is 0.384 e. The Labute approximate surface area is 109 Å². The van der Waals surface area contributed by atoms with Crippen LogP contribution < -0.4 is 11.3 Å². The summed E-state index contributed by atoms with van der Waals surface area (Å²) >= 11 is 4.71. The van der Waals surface area contributed by atoms with E-state index in [0.717, 1.165) is 12.3 Å². The van der Waals surface area contributed by atoms with Crippen molar-refractivity contribution in [2.24, 2.45) is 0 Å². The zero-order chi connectivity index (χ0) is 14.2. The first-order valence-corrected chi connectivity index (χ1v) is 5.35. The Morgan fingerprint density at radius 3 is 2.53 bits per heavy atom. The average Bonchev–Trinajstić information content (AvgIpc) is 2.26. The zero-order valence-electron chi connectivity index (χ0n) is 9.21. The Hall–Kier alpha value is -2.16. The molecular weight excluding hydrogens is 281 g/mol. The summed E-state index contributed by atoms with van der Waals surface area (Å²) in [6.07, 6.45) is -3.68. The molecule has 0 radical (unpaired) electrons. The predicted octanol–water partition coefficient (Wildman–Crippen LogP) is 2.10.